The van der Waals surface area contributed by atoms with E-state index in [0.29, 0.717) is 12.1 Å². The second-order valence-electron chi connectivity index (χ2n) is 7.99. The van der Waals surface area contributed by atoms with Crippen molar-refractivity contribution in [2.75, 3.05) is 45.2 Å². The smallest absolute Gasteiger partial charge is 0.273 e. The summed E-state index contributed by atoms with van der Waals surface area (Å²) in [4.78, 5) is 33.4. The molecular weight excluding hydrogens is 364 g/mol. The van der Waals surface area contributed by atoms with Crippen LogP contribution in [0.2, 0.25) is 0 Å². The number of amides is 2. The molecule has 0 bridgehead atoms. The van der Waals surface area contributed by atoms with Crippen LogP contribution in [0, 0.1) is 5.41 Å². The average molecular weight is 393 g/mol. The molecule has 2 amide bonds. The SMILES string of the molecule is CNc1nc(C(=O)N2CCC3(CCC(=O)N(C[C@H]4CCCO4)C3)CC2)cs1. The van der Waals surface area contributed by atoms with Gasteiger partial charge in [0.1, 0.15) is 5.69 Å². The number of carbonyl (C=O) groups is 2. The van der Waals surface area contributed by atoms with E-state index in [1.54, 1.807) is 0 Å². The van der Waals surface area contributed by atoms with Crippen molar-refractivity contribution in [2.45, 2.75) is 44.6 Å². The van der Waals surface area contributed by atoms with E-state index in [0.717, 1.165) is 70.0 Å². The van der Waals surface area contributed by atoms with E-state index in [2.05, 4.69) is 10.3 Å². The maximum Gasteiger partial charge on any atom is 0.273 e. The summed E-state index contributed by atoms with van der Waals surface area (Å²) in [6.07, 6.45) is 5.84. The molecule has 1 atom stereocenters. The fraction of sp³-hybridized carbons (Fsp3) is 0.737. The van der Waals surface area contributed by atoms with Crippen LogP contribution in [0.4, 0.5) is 5.13 Å². The quantitative estimate of drug-likeness (QED) is 0.850. The summed E-state index contributed by atoms with van der Waals surface area (Å²) in [7, 11) is 1.81. The monoisotopic (exact) mass is 392 g/mol. The lowest BCUT2D eigenvalue weighted by molar-refractivity contribution is -0.141. The summed E-state index contributed by atoms with van der Waals surface area (Å²) >= 11 is 1.45. The zero-order chi connectivity index (χ0) is 18.9. The lowest BCUT2D eigenvalue weighted by Crippen LogP contribution is -2.53. The van der Waals surface area contributed by atoms with Gasteiger partial charge in [-0.1, -0.05) is 0 Å². The summed E-state index contributed by atoms with van der Waals surface area (Å²) in [5.74, 6) is 0.280. The number of rotatable bonds is 4. The van der Waals surface area contributed by atoms with Crippen molar-refractivity contribution in [1.82, 2.24) is 14.8 Å². The van der Waals surface area contributed by atoms with Gasteiger partial charge in [-0.3, -0.25) is 9.59 Å². The molecule has 4 heterocycles. The molecule has 3 saturated heterocycles. The molecule has 148 valence electrons. The second-order valence-corrected chi connectivity index (χ2v) is 8.85. The Labute approximate surface area is 164 Å². The molecule has 3 aliphatic heterocycles. The van der Waals surface area contributed by atoms with E-state index in [1.807, 2.05) is 22.2 Å². The van der Waals surface area contributed by atoms with Crippen LogP contribution >= 0.6 is 11.3 Å². The summed E-state index contributed by atoms with van der Waals surface area (Å²) in [5.41, 5.74) is 0.681. The average Bonchev–Trinajstić information content (AvgIpc) is 3.37. The fourth-order valence-electron chi connectivity index (χ4n) is 4.54. The minimum absolute atomic E-state index is 0.0192. The first-order valence-corrected chi connectivity index (χ1v) is 10.8. The van der Waals surface area contributed by atoms with E-state index >= 15 is 0 Å². The molecule has 0 aliphatic carbocycles. The van der Waals surface area contributed by atoms with Crippen molar-refractivity contribution < 1.29 is 14.3 Å². The topological polar surface area (TPSA) is 74.8 Å². The van der Waals surface area contributed by atoms with Crippen molar-refractivity contribution in [2.24, 2.45) is 5.41 Å². The molecule has 0 unspecified atom stereocenters. The highest BCUT2D eigenvalue weighted by atomic mass is 32.1. The summed E-state index contributed by atoms with van der Waals surface area (Å²) in [5, 5.41) is 5.57. The first-order chi connectivity index (χ1) is 13.1. The molecule has 1 aromatic rings. The van der Waals surface area contributed by atoms with Crippen molar-refractivity contribution in [3.05, 3.63) is 11.1 Å². The first kappa shape index (κ1) is 18.7. The van der Waals surface area contributed by atoms with Crippen molar-refractivity contribution in [3.63, 3.8) is 0 Å². The maximum absolute atomic E-state index is 12.7. The van der Waals surface area contributed by atoms with E-state index in [-0.39, 0.29) is 23.3 Å². The molecule has 1 spiro atoms. The number of aromatic nitrogens is 1. The molecule has 0 saturated carbocycles. The summed E-state index contributed by atoms with van der Waals surface area (Å²) < 4.78 is 5.73. The van der Waals surface area contributed by atoms with Crippen LogP contribution in [0.5, 0.6) is 0 Å². The van der Waals surface area contributed by atoms with Crippen LogP contribution in [0.1, 0.15) is 49.0 Å². The third-order valence-corrected chi connectivity index (χ3v) is 7.10. The fourth-order valence-corrected chi connectivity index (χ4v) is 5.19. The van der Waals surface area contributed by atoms with Gasteiger partial charge in [0.05, 0.1) is 6.10 Å². The van der Waals surface area contributed by atoms with Gasteiger partial charge in [-0.25, -0.2) is 4.98 Å². The molecule has 4 rings (SSSR count). The normalized spacial score (nSPS) is 25.2. The number of hydrogen-bond acceptors (Lipinski definition) is 6. The minimum atomic E-state index is 0.0192. The Morgan fingerprint density at radius 2 is 2.22 bits per heavy atom. The predicted octanol–water partition coefficient (Wildman–Crippen LogP) is 2.21. The van der Waals surface area contributed by atoms with Crippen LogP contribution in [-0.4, -0.2) is 72.5 Å². The molecule has 7 nitrogen and oxygen atoms in total. The zero-order valence-electron chi connectivity index (χ0n) is 15.9. The van der Waals surface area contributed by atoms with Crippen molar-refractivity contribution in [3.8, 4) is 0 Å². The molecule has 3 fully saturated rings. The van der Waals surface area contributed by atoms with Crippen LogP contribution < -0.4 is 5.32 Å². The number of thiazole rings is 1. The van der Waals surface area contributed by atoms with Gasteiger partial charge >= 0.3 is 0 Å². The zero-order valence-corrected chi connectivity index (χ0v) is 16.7. The van der Waals surface area contributed by atoms with E-state index in [4.69, 9.17) is 4.74 Å². The number of piperidine rings is 2. The maximum atomic E-state index is 12.7. The largest absolute Gasteiger partial charge is 0.376 e. The van der Waals surface area contributed by atoms with Crippen LogP contribution in [0.25, 0.3) is 0 Å². The summed E-state index contributed by atoms with van der Waals surface area (Å²) in [6.45, 7) is 3.85. The third kappa shape index (κ3) is 3.96. The second kappa shape index (κ2) is 7.75. The van der Waals surface area contributed by atoms with Gasteiger partial charge in [-0.05, 0) is 37.5 Å². The Bertz CT molecular complexity index is 693. The van der Waals surface area contributed by atoms with E-state index in [1.165, 1.54) is 11.3 Å². The molecule has 8 heteroatoms. The molecule has 27 heavy (non-hydrogen) atoms. The highest BCUT2D eigenvalue weighted by Gasteiger charge is 2.42. The highest BCUT2D eigenvalue weighted by molar-refractivity contribution is 7.13. The number of hydrogen-bond donors (Lipinski definition) is 1. The van der Waals surface area contributed by atoms with Crippen molar-refractivity contribution in [1.29, 1.82) is 0 Å². The van der Waals surface area contributed by atoms with E-state index in [9.17, 15) is 9.59 Å². The molecule has 1 aromatic heterocycles. The lowest BCUT2D eigenvalue weighted by atomic mass is 9.72. The van der Waals surface area contributed by atoms with Crippen LogP contribution in [0.15, 0.2) is 5.38 Å². The van der Waals surface area contributed by atoms with Gasteiger partial charge in [0, 0.05) is 51.6 Å². The minimum Gasteiger partial charge on any atom is -0.376 e. The van der Waals surface area contributed by atoms with Crippen LogP contribution in [-0.2, 0) is 9.53 Å². The standard InChI is InChI=1S/C19H28N4O3S/c1-20-18-21-15(12-27-18)17(25)22-8-6-19(7-9-22)5-4-16(24)23(13-19)11-14-3-2-10-26-14/h12,14H,2-11,13H2,1H3,(H,20,21)/t14-/m1/s1. The molecule has 0 aromatic carbocycles. The Kier molecular flexibility index (Phi) is 5.36. The predicted molar refractivity (Wildman–Crippen MR) is 104 cm³/mol. The van der Waals surface area contributed by atoms with Gasteiger partial charge in [0.15, 0.2) is 5.13 Å². The highest BCUT2D eigenvalue weighted by Crippen LogP contribution is 2.40. The first-order valence-electron chi connectivity index (χ1n) is 9.90. The van der Waals surface area contributed by atoms with Gasteiger partial charge in [-0.2, -0.15) is 0 Å². The van der Waals surface area contributed by atoms with Crippen molar-refractivity contribution >= 4 is 28.3 Å². The Hall–Kier alpha value is -1.67. The number of nitrogens with one attached hydrogen (secondary N) is 1. The summed E-state index contributed by atoms with van der Waals surface area (Å²) in [6, 6.07) is 0. The van der Waals surface area contributed by atoms with Gasteiger partial charge in [-0.15, -0.1) is 11.3 Å². The van der Waals surface area contributed by atoms with Gasteiger partial charge < -0.3 is 19.9 Å². The van der Waals surface area contributed by atoms with E-state index < -0.39 is 0 Å². The number of ether oxygens (including phenoxy) is 1. The van der Waals surface area contributed by atoms with Gasteiger partial charge in [0.25, 0.3) is 5.91 Å². The molecule has 0 radical (unpaired) electrons. The van der Waals surface area contributed by atoms with Crippen LogP contribution in [0.3, 0.4) is 0 Å². The number of likely N-dealkylation sites (tertiary alicyclic amines) is 2. The number of nitrogens with zero attached hydrogens (tertiary/aromatic N) is 3. The number of anilines is 1. The Balaban J connectivity index is 1.35. The number of carbonyl (C=O) groups excluding carboxylic acids is 2. The Morgan fingerprint density at radius 3 is 2.89 bits per heavy atom. The third-order valence-electron chi connectivity index (χ3n) is 6.24. The molecule has 1 N–H and O–H groups in total. The van der Waals surface area contributed by atoms with Gasteiger partial charge in [0.2, 0.25) is 5.91 Å². The lowest BCUT2D eigenvalue weighted by Gasteiger charge is -2.47. The molecular formula is C19H28N4O3S. The molecule has 3 aliphatic rings. The Morgan fingerprint density at radius 1 is 1.41 bits per heavy atom.